The molecule has 124 valence electrons. The smallest absolute Gasteiger partial charge is 0.223 e. The molecule has 6 heteroatoms. The van der Waals surface area contributed by atoms with Crippen molar-refractivity contribution in [3.8, 4) is 5.75 Å². The fourth-order valence-corrected chi connectivity index (χ4v) is 2.92. The average Bonchev–Trinajstić information content (AvgIpc) is 3.00. The van der Waals surface area contributed by atoms with Crippen LogP contribution in [0.5, 0.6) is 5.75 Å². The second kappa shape index (κ2) is 9.66. The number of carbonyl (C=O) groups excluding carboxylic acids is 1. The second-order valence-corrected chi connectivity index (χ2v) is 5.43. The van der Waals surface area contributed by atoms with Crippen molar-refractivity contribution >= 4 is 18.3 Å². The average molecular weight is 329 g/mol. The highest BCUT2D eigenvalue weighted by atomic mass is 35.5. The van der Waals surface area contributed by atoms with Crippen LogP contribution in [0.2, 0.25) is 0 Å². The maximum absolute atomic E-state index is 12.3. The largest absolute Gasteiger partial charge is 0.491 e. The predicted molar refractivity (Wildman–Crippen MR) is 88.0 cm³/mol. The number of benzene rings is 1. The van der Waals surface area contributed by atoms with Gasteiger partial charge in [-0.3, -0.25) is 4.79 Å². The Morgan fingerprint density at radius 3 is 2.86 bits per heavy atom. The molecule has 0 radical (unpaired) electrons. The van der Waals surface area contributed by atoms with Crippen LogP contribution in [-0.2, 0) is 11.3 Å². The first-order valence-electron chi connectivity index (χ1n) is 7.55. The first kappa shape index (κ1) is 18.7. The van der Waals surface area contributed by atoms with Gasteiger partial charge in [0.05, 0.1) is 6.61 Å². The van der Waals surface area contributed by atoms with E-state index in [0.29, 0.717) is 24.8 Å². The molecule has 22 heavy (non-hydrogen) atoms. The number of ether oxygens (including phenoxy) is 1. The van der Waals surface area contributed by atoms with Crippen LogP contribution in [0.3, 0.4) is 0 Å². The number of carbonyl (C=O) groups is 1. The van der Waals surface area contributed by atoms with Crippen molar-refractivity contribution in [1.29, 1.82) is 0 Å². The summed E-state index contributed by atoms with van der Waals surface area (Å²) in [7, 11) is 0. The molecular formula is C16H25ClN2O3. The summed E-state index contributed by atoms with van der Waals surface area (Å²) in [5.74, 6) is 1.14. The molecule has 2 rings (SSSR count). The fourth-order valence-electron chi connectivity index (χ4n) is 2.92. The molecular weight excluding hydrogens is 304 g/mol. The summed E-state index contributed by atoms with van der Waals surface area (Å²) in [6, 6.07) is 7.54. The topological polar surface area (TPSA) is 84.6 Å². The van der Waals surface area contributed by atoms with Gasteiger partial charge < -0.3 is 20.9 Å². The number of hydrogen-bond donors (Lipinski definition) is 3. The lowest BCUT2D eigenvalue weighted by Crippen LogP contribution is -2.34. The molecule has 0 saturated heterocycles. The van der Waals surface area contributed by atoms with Crippen molar-refractivity contribution in [3.63, 3.8) is 0 Å². The summed E-state index contributed by atoms with van der Waals surface area (Å²) < 4.78 is 5.47. The van der Waals surface area contributed by atoms with Crippen LogP contribution in [0.1, 0.15) is 24.8 Å². The molecule has 2 atom stereocenters. The Morgan fingerprint density at radius 1 is 1.36 bits per heavy atom. The lowest BCUT2D eigenvalue weighted by Gasteiger charge is -2.18. The Morgan fingerprint density at radius 2 is 2.14 bits per heavy atom. The van der Waals surface area contributed by atoms with Crippen molar-refractivity contribution in [1.82, 2.24) is 5.32 Å². The fraction of sp³-hybridized carbons (Fsp3) is 0.562. The highest BCUT2D eigenvalue weighted by Crippen LogP contribution is 2.31. The number of aliphatic hydroxyl groups is 1. The number of amides is 1. The first-order chi connectivity index (χ1) is 10.3. The number of hydrogen-bond acceptors (Lipinski definition) is 4. The molecule has 0 aliphatic heterocycles. The molecule has 1 aromatic rings. The van der Waals surface area contributed by atoms with Gasteiger partial charge in [-0.15, -0.1) is 12.4 Å². The van der Waals surface area contributed by atoms with E-state index in [1.54, 1.807) is 0 Å². The third-order valence-electron chi connectivity index (χ3n) is 4.07. The minimum absolute atomic E-state index is 0. The van der Waals surface area contributed by atoms with Gasteiger partial charge in [-0.2, -0.15) is 0 Å². The van der Waals surface area contributed by atoms with E-state index in [1.807, 2.05) is 24.3 Å². The van der Waals surface area contributed by atoms with Crippen LogP contribution in [0.15, 0.2) is 24.3 Å². The Labute approximate surface area is 137 Å². The molecule has 1 amide bonds. The molecule has 1 aromatic carbocycles. The molecule has 1 aliphatic rings. The van der Waals surface area contributed by atoms with Crippen molar-refractivity contribution in [3.05, 3.63) is 29.8 Å². The van der Waals surface area contributed by atoms with Crippen molar-refractivity contribution in [2.75, 3.05) is 19.8 Å². The number of nitrogens with two attached hydrogens (primary N) is 1. The summed E-state index contributed by atoms with van der Waals surface area (Å²) in [4.78, 5) is 12.3. The molecule has 0 bridgehead atoms. The Balaban J connectivity index is 0.00000242. The zero-order chi connectivity index (χ0) is 15.1. The van der Waals surface area contributed by atoms with Crippen molar-refractivity contribution in [2.45, 2.75) is 25.8 Å². The third kappa shape index (κ3) is 4.87. The van der Waals surface area contributed by atoms with Crippen LogP contribution in [0.25, 0.3) is 0 Å². The van der Waals surface area contributed by atoms with Gasteiger partial charge in [-0.1, -0.05) is 24.6 Å². The maximum atomic E-state index is 12.3. The SMILES string of the molecule is Cl.NC[C@H]1CCC[C@H]1C(=O)NCc1ccccc1OCCO. The summed E-state index contributed by atoms with van der Waals surface area (Å²) in [5.41, 5.74) is 6.64. The van der Waals surface area contributed by atoms with Crippen LogP contribution < -0.4 is 15.8 Å². The van der Waals surface area contributed by atoms with Crippen molar-refractivity contribution < 1.29 is 14.6 Å². The van der Waals surface area contributed by atoms with E-state index < -0.39 is 0 Å². The van der Waals surface area contributed by atoms with E-state index in [-0.39, 0.29) is 37.4 Å². The third-order valence-corrected chi connectivity index (χ3v) is 4.07. The summed E-state index contributed by atoms with van der Waals surface area (Å²) in [6.07, 6.45) is 3.05. The normalized spacial score (nSPS) is 20.3. The molecule has 0 aromatic heterocycles. The zero-order valence-electron chi connectivity index (χ0n) is 12.7. The molecule has 1 fully saturated rings. The maximum Gasteiger partial charge on any atom is 0.223 e. The van der Waals surface area contributed by atoms with Gasteiger partial charge in [0.1, 0.15) is 12.4 Å². The monoisotopic (exact) mass is 328 g/mol. The summed E-state index contributed by atoms with van der Waals surface area (Å²) >= 11 is 0. The Kier molecular flexibility index (Phi) is 8.24. The first-order valence-corrected chi connectivity index (χ1v) is 7.55. The molecule has 0 unspecified atom stereocenters. The standard InChI is InChI=1S/C16H24N2O3.ClH/c17-10-12-5-3-6-14(12)16(20)18-11-13-4-1-2-7-15(13)21-9-8-19;/h1-2,4,7,12,14,19H,3,5-6,8-11,17H2,(H,18,20);1H/t12-,14-;/m1./s1. The predicted octanol–water partition coefficient (Wildman–Crippen LogP) is 1.47. The van der Waals surface area contributed by atoms with E-state index in [9.17, 15) is 4.79 Å². The molecule has 1 saturated carbocycles. The van der Waals surface area contributed by atoms with E-state index in [4.69, 9.17) is 15.6 Å². The van der Waals surface area contributed by atoms with E-state index in [2.05, 4.69) is 5.32 Å². The molecule has 0 spiro atoms. The van der Waals surface area contributed by atoms with Crippen LogP contribution in [0.4, 0.5) is 0 Å². The van der Waals surface area contributed by atoms with Gasteiger partial charge in [0, 0.05) is 18.0 Å². The highest BCUT2D eigenvalue weighted by Gasteiger charge is 2.31. The van der Waals surface area contributed by atoms with Gasteiger partial charge >= 0.3 is 0 Å². The Bertz CT molecular complexity index is 470. The van der Waals surface area contributed by atoms with Gasteiger partial charge in [0.25, 0.3) is 0 Å². The van der Waals surface area contributed by atoms with E-state index in [0.717, 1.165) is 24.8 Å². The highest BCUT2D eigenvalue weighted by molar-refractivity contribution is 5.85. The van der Waals surface area contributed by atoms with Crippen molar-refractivity contribution in [2.24, 2.45) is 17.6 Å². The van der Waals surface area contributed by atoms with Crippen LogP contribution >= 0.6 is 12.4 Å². The lowest BCUT2D eigenvalue weighted by molar-refractivity contribution is -0.126. The molecule has 1 aliphatic carbocycles. The number of para-hydroxylation sites is 1. The quantitative estimate of drug-likeness (QED) is 0.707. The summed E-state index contributed by atoms with van der Waals surface area (Å²) in [5, 5.41) is 11.8. The van der Waals surface area contributed by atoms with Crippen LogP contribution in [-0.4, -0.2) is 30.8 Å². The second-order valence-electron chi connectivity index (χ2n) is 5.43. The minimum atomic E-state index is -0.0268. The Hall–Kier alpha value is -1.30. The minimum Gasteiger partial charge on any atom is -0.491 e. The number of halogens is 1. The molecule has 0 heterocycles. The molecule has 5 nitrogen and oxygen atoms in total. The summed E-state index contributed by atoms with van der Waals surface area (Å²) in [6.45, 7) is 1.24. The number of rotatable bonds is 7. The van der Waals surface area contributed by atoms with Crippen LogP contribution in [0, 0.1) is 11.8 Å². The zero-order valence-corrected chi connectivity index (χ0v) is 13.5. The van der Waals surface area contributed by atoms with Gasteiger partial charge in [0.15, 0.2) is 0 Å². The molecule has 4 N–H and O–H groups in total. The van der Waals surface area contributed by atoms with Gasteiger partial charge in [-0.25, -0.2) is 0 Å². The van der Waals surface area contributed by atoms with Gasteiger partial charge in [-0.05, 0) is 31.4 Å². The number of nitrogens with one attached hydrogen (secondary N) is 1. The number of aliphatic hydroxyl groups excluding tert-OH is 1. The van der Waals surface area contributed by atoms with E-state index >= 15 is 0 Å². The van der Waals surface area contributed by atoms with E-state index in [1.165, 1.54) is 0 Å². The van der Waals surface area contributed by atoms with Gasteiger partial charge in [0.2, 0.25) is 5.91 Å². The lowest BCUT2D eigenvalue weighted by atomic mass is 9.95.